The van der Waals surface area contributed by atoms with E-state index >= 15 is 0 Å². The van der Waals surface area contributed by atoms with Crippen molar-refractivity contribution in [2.24, 2.45) is 5.11 Å². The zero-order chi connectivity index (χ0) is 20.6. The minimum absolute atomic E-state index is 0.245. The molecule has 0 radical (unpaired) electrons. The second-order valence-electron chi connectivity index (χ2n) is 6.83. The number of hydrogen-bond donors (Lipinski definition) is 0. The molecule has 0 saturated heterocycles. The van der Waals surface area contributed by atoms with Crippen LogP contribution in [0, 0.1) is 11.8 Å². The lowest BCUT2D eigenvalue weighted by Gasteiger charge is -2.13. The molecule has 4 aromatic rings. The van der Waals surface area contributed by atoms with Crippen LogP contribution in [0.1, 0.15) is 22.4 Å². The Labute approximate surface area is 176 Å². The van der Waals surface area contributed by atoms with Crippen molar-refractivity contribution in [2.45, 2.75) is 13.1 Å². The lowest BCUT2D eigenvalue weighted by Crippen LogP contribution is -2.06. The highest BCUT2D eigenvalue weighted by Crippen LogP contribution is 2.28. The Morgan fingerprint density at radius 3 is 2.10 bits per heavy atom. The van der Waals surface area contributed by atoms with E-state index in [4.69, 9.17) is 5.53 Å². The van der Waals surface area contributed by atoms with Crippen LogP contribution >= 0.6 is 0 Å². The van der Waals surface area contributed by atoms with Crippen molar-refractivity contribution in [3.63, 3.8) is 0 Å². The van der Waals surface area contributed by atoms with Crippen LogP contribution in [0.25, 0.3) is 21.7 Å². The molecule has 0 aliphatic carbocycles. The molecule has 3 aromatic carbocycles. The Morgan fingerprint density at radius 1 is 0.800 bits per heavy atom. The summed E-state index contributed by atoms with van der Waals surface area (Å²) >= 11 is 0. The van der Waals surface area contributed by atoms with E-state index in [1.54, 1.807) is 0 Å². The minimum Gasteiger partial charge on any atom is -0.339 e. The molecular weight excluding hydrogens is 368 g/mol. The van der Waals surface area contributed by atoms with E-state index in [1.165, 1.54) is 5.56 Å². The van der Waals surface area contributed by atoms with Gasteiger partial charge in [-0.15, -0.1) is 0 Å². The molecular formula is C26H20N4. The van der Waals surface area contributed by atoms with Gasteiger partial charge in [-0.05, 0) is 34.9 Å². The summed E-state index contributed by atoms with van der Waals surface area (Å²) in [6.45, 7) is 0.920. The van der Waals surface area contributed by atoms with Gasteiger partial charge in [0.05, 0.1) is 6.54 Å². The minimum atomic E-state index is 0.245. The third-order valence-corrected chi connectivity index (χ3v) is 4.86. The molecule has 0 unspecified atom stereocenters. The number of benzene rings is 3. The predicted octanol–water partition coefficient (Wildman–Crippen LogP) is 6.41. The molecule has 4 heteroatoms. The Bertz CT molecular complexity index is 1220. The summed E-state index contributed by atoms with van der Waals surface area (Å²) in [7, 11) is 0. The van der Waals surface area contributed by atoms with Crippen LogP contribution in [-0.4, -0.2) is 4.57 Å². The largest absolute Gasteiger partial charge is 0.339 e. The fraction of sp³-hybridized carbons (Fsp3) is 0.0769. The van der Waals surface area contributed by atoms with E-state index < -0.39 is 0 Å². The van der Waals surface area contributed by atoms with Crippen molar-refractivity contribution >= 4 is 0 Å². The SMILES string of the molecule is [N-]=[N+]=NCc1c(C#Cc2ccccc2)cc(-c2ccccc2)n1Cc1ccccc1. The number of azide groups is 1. The maximum atomic E-state index is 8.94. The van der Waals surface area contributed by atoms with Crippen LogP contribution in [0.3, 0.4) is 0 Å². The summed E-state index contributed by atoms with van der Waals surface area (Å²) in [5.41, 5.74) is 15.0. The summed E-state index contributed by atoms with van der Waals surface area (Å²) in [6.07, 6.45) is 0. The predicted molar refractivity (Wildman–Crippen MR) is 121 cm³/mol. The molecule has 0 spiro atoms. The van der Waals surface area contributed by atoms with Crippen molar-refractivity contribution in [1.82, 2.24) is 4.57 Å². The van der Waals surface area contributed by atoms with Crippen molar-refractivity contribution in [3.05, 3.63) is 130 Å². The fourth-order valence-corrected chi connectivity index (χ4v) is 3.42. The van der Waals surface area contributed by atoms with E-state index in [1.807, 2.05) is 66.7 Å². The first-order chi connectivity index (χ1) is 14.8. The maximum absolute atomic E-state index is 8.94. The van der Waals surface area contributed by atoms with Gasteiger partial charge in [-0.2, -0.15) is 0 Å². The quantitative estimate of drug-likeness (QED) is 0.164. The molecule has 0 fully saturated rings. The molecule has 0 N–H and O–H groups in total. The molecule has 0 saturated carbocycles. The third-order valence-electron chi connectivity index (χ3n) is 4.86. The molecule has 4 rings (SSSR count). The number of rotatable bonds is 5. The van der Waals surface area contributed by atoms with Crippen LogP contribution in [0.5, 0.6) is 0 Å². The normalized spacial score (nSPS) is 10.0. The van der Waals surface area contributed by atoms with E-state index in [9.17, 15) is 0 Å². The zero-order valence-corrected chi connectivity index (χ0v) is 16.4. The molecule has 0 aliphatic heterocycles. The van der Waals surface area contributed by atoms with Crippen LogP contribution in [0.2, 0.25) is 0 Å². The third kappa shape index (κ3) is 4.44. The van der Waals surface area contributed by atoms with Gasteiger partial charge in [0.2, 0.25) is 0 Å². The standard InChI is InChI=1S/C26H20N4/c27-29-28-19-26-24(17-16-21-10-4-1-5-11-21)18-25(23-14-8-3-9-15-23)30(26)20-22-12-6-2-7-13-22/h1-15,18H,19-20H2. The van der Waals surface area contributed by atoms with Crippen molar-refractivity contribution < 1.29 is 0 Å². The highest BCUT2D eigenvalue weighted by atomic mass is 15.1. The summed E-state index contributed by atoms with van der Waals surface area (Å²) in [5, 5.41) is 3.86. The van der Waals surface area contributed by atoms with Crippen LogP contribution in [0.4, 0.5) is 0 Å². The lowest BCUT2D eigenvalue weighted by molar-refractivity contribution is 0.747. The topological polar surface area (TPSA) is 53.7 Å². The zero-order valence-electron chi connectivity index (χ0n) is 16.4. The first-order valence-corrected chi connectivity index (χ1v) is 9.75. The van der Waals surface area contributed by atoms with Gasteiger partial charge in [-0.1, -0.05) is 95.8 Å². The van der Waals surface area contributed by atoms with Crippen LogP contribution in [0.15, 0.2) is 102 Å². The summed E-state index contributed by atoms with van der Waals surface area (Å²) < 4.78 is 2.20. The van der Waals surface area contributed by atoms with E-state index in [0.29, 0.717) is 6.54 Å². The highest BCUT2D eigenvalue weighted by Gasteiger charge is 2.15. The van der Waals surface area contributed by atoms with Gasteiger partial charge in [0.15, 0.2) is 0 Å². The molecule has 0 atom stereocenters. The summed E-state index contributed by atoms with van der Waals surface area (Å²) in [6, 6.07) is 32.5. The monoisotopic (exact) mass is 388 g/mol. The summed E-state index contributed by atoms with van der Waals surface area (Å²) in [4.78, 5) is 2.98. The van der Waals surface area contributed by atoms with Gasteiger partial charge in [-0.3, -0.25) is 0 Å². The van der Waals surface area contributed by atoms with Crippen LogP contribution in [-0.2, 0) is 13.1 Å². The van der Waals surface area contributed by atoms with Crippen molar-refractivity contribution in [2.75, 3.05) is 0 Å². The molecule has 30 heavy (non-hydrogen) atoms. The molecule has 144 valence electrons. The molecule has 0 amide bonds. The van der Waals surface area contributed by atoms with Gasteiger partial charge in [0.1, 0.15) is 0 Å². The van der Waals surface area contributed by atoms with E-state index in [-0.39, 0.29) is 6.54 Å². The average molecular weight is 388 g/mol. The van der Waals surface area contributed by atoms with Crippen LogP contribution < -0.4 is 0 Å². The van der Waals surface area contributed by atoms with Gasteiger partial charge < -0.3 is 4.57 Å². The molecule has 4 nitrogen and oxygen atoms in total. The van der Waals surface area contributed by atoms with Gasteiger partial charge in [0, 0.05) is 34.0 Å². The second-order valence-corrected chi connectivity index (χ2v) is 6.83. The Kier molecular flexibility index (Phi) is 5.96. The molecule has 1 aromatic heterocycles. The van der Waals surface area contributed by atoms with Gasteiger partial charge in [-0.25, -0.2) is 0 Å². The number of hydrogen-bond acceptors (Lipinski definition) is 1. The summed E-state index contributed by atoms with van der Waals surface area (Å²) in [5.74, 6) is 6.54. The maximum Gasteiger partial charge on any atom is 0.0677 e. The van der Waals surface area contributed by atoms with Crippen molar-refractivity contribution in [3.8, 4) is 23.1 Å². The highest BCUT2D eigenvalue weighted by molar-refractivity contribution is 5.65. The lowest BCUT2D eigenvalue weighted by atomic mass is 10.1. The van der Waals surface area contributed by atoms with E-state index in [2.05, 4.69) is 56.8 Å². The molecule has 1 heterocycles. The molecule has 0 aliphatic rings. The smallest absolute Gasteiger partial charge is 0.0677 e. The van der Waals surface area contributed by atoms with Crippen molar-refractivity contribution in [1.29, 1.82) is 0 Å². The Balaban J connectivity index is 1.87. The number of nitrogens with zero attached hydrogens (tertiary/aromatic N) is 4. The molecule has 0 bridgehead atoms. The first kappa shape index (κ1) is 19.1. The average Bonchev–Trinajstić information content (AvgIpc) is 3.15. The Hall–Kier alpha value is -4.19. The fourth-order valence-electron chi connectivity index (χ4n) is 3.42. The second kappa shape index (κ2) is 9.34. The first-order valence-electron chi connectivity index (χ1n) is 9.75. The number of aromatic nitrogens is 1. The van der Waals surface area contributed by atoms with Gasteiger partial charge in [0.25, 0.3) is 0 Å². The van der Waals surface area contributed by atoms with E-state index in [0.717, 1.165) is 28.1 Å². The van der Waals surface area contributed by atoms with Gasteiger partial charge >= 0.3 is 0 Å². The Morgan fingerprint density at radius 2 is 1.43 bits per heavy atom.